The van der Waals surface area contributed by atoms with E-state index in [0.29, 0.717) is 5.25 Å². The van der Waals surface area contributed by atoms with Crippen LogP contribution in [0.4, 0.5) is 0 Å². The van der Waals surface area contributed by atoms with Crippen LogP contribution in [0.3, 0.4) is 0 Å². The second kappa shape index (κ2) is 6.73. The highest BCUT2D eigenvalue weighted by Crippen LogP contribution is 2.37. The van der Waals surface area contributed by atoms with Gasteiger partial charge in [0.1, 0.15) is 0 Å². The van der Waals surface area contributed by atoms with Crippen LogP contribution in [0.15, 0.2) is 71.6 Å². The Kier molecular flexibility index (Phi) is 4.51. The summed E-state index contributed by atoms with van der Waals surface area (Å²) >= 11 is 3.59. The fourth-order valence-electron chi connectivity index (χ4n) is 2.12. The van der Waals surface area contributed by atoms with Crippen LogP contribution in [0, 0.1) is 0 Å². The maximum absolute atomic E-state index is 4.37. The van der Waals surface area contributed by atoms with E-state index in [0.717, 1.165) is 11.4 Å². The van der Waals surface area contributed by atoms with Gasteiger partial charge in [0.05, 0.1) is 16.5 Å². The van der Waals surface area contributed by atoms with Crippen LogP contribution in [0.1, 0.15) is 22.1 Å². The van der Waals surface area contributed by atoms with Gasteiger partial charge in [0.25, 0.3) is 0 Å². The number of hydrogen-bond donors (Lipinski definition) is 0. The number of benzene rings is 2. The molecule has 3 aromatic rings. The second-order valence-corrected chi connectivity index (χ2v) is 6.30. The van der Waals surface area contributed by atoms with E-state index < -0.39 is 0 Å². The molecule has 2 aromatic carbocycles. The van der Waals surface area contributed by atoms with Crippen molar-refractivity contribution in [2.75, 3.05) is 0 Å². The molecule has 0 saturated carbocycles. The van der Waals surface area contributed by atoms with Gasteiger partial charge in [-0.3, -0.25) is 0 Å². The van der Waals surface area contributed by atoms with Gasteiger partial charge in [0, 0.05) is 11.1 Å². The average molecular weight is 297 g/mol. The zero-order valence-corrected chi connectivity index (χ0v) is 12.6. The fourth-order valence-corrected chi connectivity index (χ4v) is 3.98. The van der Waals surface area contributed by atoms with Crippen molar-refractivity contribution in [1.29, 1.82) is 0 Å². The standard InChI is InChI=1S/C17H15NS2/c1-3-7-14(8-4-1)17(15-9-5-2-6-10-15)20-12-16-11-19-13-18-16/h1-11,13,17H,12H2. The van der Waals surface area contributed by atoms with E-state index in [9.17, 15) is 0 Å². The van der Waals surface area contributed by atoms with E-state index in [2.05, 4.69) is 71.0 Å². The van der Waals surface area contributed by atoms with Gasteiger partial charge in [0.2, 0.25) is 0 Å². The number of aromatic nitrogens is 1. The predicted molar refractivity (Wildman–Crippen MR) is 88.1 cm³/mol. The number of thiazole rings is 1. The van der Waals surface area contributed by atoms with Crippen molar-refractivity contribution < 1.29 is 0 Å². The lowest BCUT2D eigenvalue weighted by Crippen LogP contribution is -1.97. The fraction of sp³-hybridized carbons (Fsp3) is 0.118. The Morgan fingerprint density at radius 1 is 0.900 bits per heavy atom. The smallest absolute Gasteiger partial charge is 0.0795 e. The van der Waals surface area contributed by atoms with E-state index in [-0.39, 0.29) is 0 Å². The topological polar surface area (TPSA) is 12.9 Å². The first-order valence-electron chi connectivity index (χ1n) is 6.52. The Bertz CT molecular complexity index is 581. The van der Waals surface area contributed by atoms with Crippen LogP contribution in [-0.2, 0) is 5.75 Å². The molecule has 0 aliphatic heterocycles. The Labute approximate surface area is 127 Å². The summed E-state index contributed by atoms with van der Waals surface area (Å²) in [5.41, 5.74) is 5.75. The molecule has 0 bridgehead atoms. The highest BCUT2D eigenvalue weighted by atomic mass is 32.2. The molecule has 3 heteroatoms. The van der Waals surface area contributed by atoms with Crippen LogP contribution < -0.4 is 0 Å². The van der Waals surface area contributed by atoms with E-state index in [1.807, 2.05) is 17.3 Å². The molecule has 100 valence electrons. The number of rotatable bonds is 5. The lowest BCUT2D eigenvalue weighted by Gasteiger charge is -2.17. The van der Waals surface area contributed by atoms with Crippen molar-refractivity contribution >= 4 is 23.1 Å². The second-order valence-electron chi connectivity index (χ2n) is 4.49. The summed E-state index contributed by atoms with van der Waals surface area (Å²) in [6.45, 7) is 0. The van der Waals surface area contributed by atoms with Crippen molar-refractivity contribution in [2.24, 2.45) is 0 Å². The minimum Gasteiger partial charge on any atom is -0.249 e. The van der Waals surface area contributed by atoms with Crippen molar-refractivity contribution in [3.8, 4) is 0 Å². The van der Waals surface area contributed by atoms with Gasteiger partial charge < -0.3 is 0 Å². The quantitative estimate of drug-likeness (QED) is 0.644. The van der Waals surface area contributed by atoms with Crippen LogP contribution in [0.2, 0.25) is 0 Å². The average Bonchev–Trinajstić information content (AvgIpc) is 3.03. The SMILES string of the molecule is c1ccc(C(SCc2cscn2)c2ccccc2)cc1. The minimum atomic E-state index is 0.360. The summed E-state index contributed by atoms with van der Waals surface area (Å²) in [4.78, 5) is 4.37. The van der Waals surface area contributed by atoms with Crippen LogP contribution in [-0.4, -0.2) is 4.98 Å². The Balaban J connectivity index is 1.84. The van der Waals surface area contributed by atoms with Gasteiger partial charge in [0.15, 0.2) is 0 Å². The van der Waals surface area contributed by atoms with Gasteiger partial charge in [-0.05, 0) is 11.1 Å². The van der Waals surface area contributed by atoms with Crippen molar-refractivity contribution in [2.45, 2.75) is 11.0 Å². The van der Waals surface area contributed by atoms with Gasteiger partial charge in [-0.2, -0.15) is 0 Å². The van der Waals surface area contributed by atoms with Crippen LogP contribution in [0.5, 0.6) is 0 Å². The summed E-state index contributed by atoms with van der Waals surface area (Å²) in [5, 5.41) is 2.49. The molecule has 0 fully saturated rings. The molecule has 0 radical (unpaired) electrons. The molecule has 0 N–H and O–H groups in total. The third-order valence-electron chi connectivity index (χ3n) is 3.09. The molecule has 3 rings (SSSR count). The molecule has 1 nitrogen and oxygen atoms in total. The lowest BCUT2D eigenvalue weighted by molar-refractivity contribution is 1.14. The van der Waals surface area contributed by atoms with Gasteiger partial charge in [-0.15, -0.1) is 23.1 Å². The Hall–Kier alpha value is -1.58. The van der Waals surface area contributed by atoms with E-state index >= 15 is 0 Å². The zero-order chi connectivity index (χ0) is 13.6. The largest absolute Gasteiger partial charge is 0.249 e. The number of nitrogens with zero attached hydrogens (tertiary/aromatic N) is 1. The van der Waals surface area contributed by atoms with E-state index in [1.165, 1.54) is 11.1 Å². The summed E-state index contributed by atoms with van der Waals surface area (Å²) in [6.07, 6.45) is 0. The first kappa shape index (κ1) is 13.4. The Morgan fingerprint density at radius 3 is 2.00 bits per heavy atom. The molecule has 20 heavy (non-hydrogen) atoms. The van der Waals surface area contributed by atoms with E-state index in [1.54, 1.807) is 11.3 Å². The number of thioether (sulfide) groups is 1. The summed E-state index contributed by atoms with van der Waals surface area (Å²) < 4.78 is 0. The normalized spacial score (nSPS) is 10.8. The summed E-state index contributed by atoms with van der Waals surface area (Å²) in [7, 11) is 0. The third-order valence-corrected chi connectivity index (χ3v) is 5.06. The molecule has 0 aliphatic carbocycles. The summed E-state index contributed by atoms with van der Waals surface area (Å²) in [5.74, 6) is 0.942. The van der Waals surface area contributed by atoms with Gasteiger partial charge >= 0.3 is 0 Å². The molecular formula is C17H15NS2. The molecule has 0 aliphatic rings. The molecule has 0 saturated heterocycles. The third kappa shape index (κ3) is 3.30. The highest BCUT2D eigenvalue weighted by Gasteiger charge is 2.14. The molecule has 1 heterocycles. The van der Waals surface area contributed by atoms with Crippen LogP contribution in [0.25, 0.3) is 0 Å². The molecule has 0 unspecified atom stereocenters. The zero-order valence-electron chi connectivity index (χ0n) is 11.0. The number of hydrogen-bond acceptors (Lipinski definition) is 3. The molecule has 0 atom stereocenters. The molecule has 0 amide bonds. The van der Waals surface area contributed by atoms with Crippen LogP contribution >= 0.6 is 23.1 Å². The predicted octanol–water partition coefficient (Wildman–Crippen LogP) is 5.17. The molecule has 1 aromatic heterocycles. The first-order chi connectivity index (χ1) is 9.93. The summed E-state index contributed by atoms with van der Waals surface area (Å²) in [6, 6.07) is 21.4. The molecule has 0 spiro atoms. The monoisotopic (exact) mass is 297 g/mol. The lowest BCUT2D eigenvalue weighted by atomic mass is 10.0. The Morgan fingerprint density at radius 2 is 1.50 bits per heavy atom. The van der Waals surface area contributed by atoms with Gasteiger partial charge in [-0.25, -0.2) is 4.98 Å². The van der Waals surface area contributed by atoms with Crippen molar-refractivity contribution in [3.05, 3.63) is 88.4 Å². The maximum Gasteiger partial charge on any atom is 0.0795 e. The maximum atomic E-state index is 4.37. The highest BCUT2D eigenvalue weighted by molar-refractivity contribution is 7.98. The van der Waals surface area contributed by atoms with E-state index in [4.69, 9.17) is 0 Å². The van der Waals surface area contributed by atoms with Crippen molar-refractivity contribution in [1.82, 2.24) is 4.98 Å². The minimum absolute atomic E-state index is 0.360. The van der Waals surface area contributed by atoms with Gasteiger partial charge in [-0.1, -0.05) is 60.7 Å². The van der Waals surface area contributed by atoms with Crippen molar-refractivity contribution in [3.63, 3.8) is 0 Å². The first-order valence-corrected chi connectivity index (χ1v) is 8.51. The molecular weight excluding hydrogens is 282 g/mol.